The Balaban J connectivity index is 2.26. The maximum absolute atomic E-state index is 11.7. The van der Waals surface area contributed by atoms with Crippen LogP contribution in [0, 0.1) is 5.92 Å². The minimum Gasteiger partial charge on any atom is -0.460 e. The van der Waals surface area contributed by atoms with Gasteiger partial charge in [0.25, 0.3) is 0 Å². The standard InChI is InChI=1S/C14H25NO3/c1-13(2,3)18-12(17)9-8-11(16)15-14(4,5)10-6-7-10/h10H,6-9H2,1-5H3,(H,15,16). The summed E-state index contributed by atoms with van der Waals surface area (Å²) in [4.78, 5) is 23.2. The van der Waals surface area contributed by atoms with Gasteiger partial charge in [-0.3, -0.25) is 9.59 Å². The minimum absolute atomic E-state index is 0.0715. The fourth-order valence-corrected chi connectivity index (χ4v) is 1.94. The maximum Gasteiger partial charge on any atom is 0.306 e. The number of esters is 1. The number of carbonyl (C=O) groups is 2. The van der Waals surface area contributed by atoms with Crippen molar-refractivity contribution in [3.05, 3.63) is 0 Å². The van der Waals surface area contributed by atoms with E-state index in [0.29, 0.717) is 5.92 Å². The number of ether oxygens (including phenoxy) is 1. The van der Waals surface area contributed by atoms with Crippen molar-refractivity contribution in [1.82, 2.24) is 5.32 Å². The van der Waals surface area contributed by atoms with Gasteiger partial charge in [0.15, 0.2) is 0 Å². The van der Waals surface area contributed by atoms with Crippen molar-refractivity contribution in [1.29, 1.82) is 0 Å². The molecule has 0 atom stereocenters. The van der Waals surface area contributed by atoms with E-state index in [4.69, 9.17) is 4.74 Å². The summed E-state index contributed by atoms with van der Waals surface area (Å²) in [6.07, 6.45) is 2.70. The van der Waals surface area contributed by atoms with Crippen LogP contribution in [0.25, 0.3) is 0 Å². The van der Waals surface area contributed by atoms with Gasteiger partial charge >= 0.3 is 5.97 Å². The van der Waals surface area contributed by atoms with Crippen LogP contribution in [0.15, 0.2) is 0 Å². The minimum atomic E-state index is -0.485. The zero-order valence-electron chi connectivity index (χ0n) is 12.1. The smallest absolute Gasteiger partial charge is 0.306 e. The first kappa shape index (κ1) is 15.0. The summed E-state index contributed by atoms with van der Waals surface area (Å²) in [6, 6.07) is 0. The highest BCUT2D eigenvalue weighted by atomic mass is 16.6. The lowest BCUT2D eigenvalue weighted by molar-refractivity contribution is -0.155. The fourth-order valence-electron chi connectivity index (χ4n) is 1.94. The van der Waals surface area contributed by atoms with E-state index in [-0.39, 0.29) is 30.3 Å². The predicted octanol–water partition coefficient (Wildman–Crippen LogP) is 2.41. The zero-order valence-corrected chi connectivity index (χ0v) is 12.1. The molecule has 18 heavy (non-hydrogen) atoms. The van der Waals surface area contributed by atoms with Crippen LogP contribution in [0.3, 0.4) is 0 Å². The number of amides is 1. The Bertz CT molecular complexity index is 324. The first-order valence-corrected chi connectivity index (χ1v) is 6.63. The number of rotatable bonds is 5. The predicted molar refractivity (Wildman–Crippen MR) is 70.0 cm³/mol. The lowest BCUT2D eigenvalue weighted by atomic mass is 9.98. The van der Waals surface area contributed by atoms with Gasteiger partial charge in [0.1, 0.15) is 5.60 Å². The van der Waals surface area contributed by atoms with E-state index < -0.39 is 5.60 Å². The average molecular weight is 255 g/mol. The highest BCUT2D eigenvalue weighted by Crippen LogP contribution is 2.39. The fraction of sp³-hybridized carbons (Fsp3) is 0.857. The summed E-state index contributed by atoms with van der Waals surface area (Å²) < 4.78 is 5.16. The molecule has 0 spiro atoms. The van der Waals surface area contributed by atoms with Gasteiger partial charge in [-0.1, -0.05) is 0 Å². The van der Waals surface area contributed by atoms with Gasteiger partial charge in [-0.05, 0) is 53.4 Å². The van der Waals surface area contributed by atoms with Crippen molar-refractivity contribution in [3.63, 3.8) is 0 Å². The third-order valence-electron chi connectivity index (χ3n) is 3.04. The quantitative estimate of drug-likeness (QED) is 0.768. The Morgan fingerprint density at radius 1 is 1.11 bits per heavy atom. The van der Waals surface area contributed by atoms with Gasteiger partial charge in [0.05, 0.1) is 6.42 Å². The van der Waals surface area contributed by atoms with Crippen molar-refractivity contribution >= 4 is 11.9 Å². The molecule has 4 nitrogen and oxygen atoms in total. The third kappa shape index (κ3) is 5.52. The molecular weight excluding hydrogens is 230 g/mol. The van der Waals surface area contributed by atoms with E-state index in [1.807, 2.05) is 34.6 Å². The normalized spacial score (nSPS) is 16.3. The molecule has 0 bridgehead atoms. The molecule has 0 heterocycles. The second-order valence-corrected chi connectivity index (χ2v) is 6.63. The van der Waals surface area contributed by atoms with Crippen LogP contribution in [-0.4, -0.2) is 23.0 Å². The second-order valence-electron chi connectivity index (χ2n) is 6.63. The molecule has 1 amide bonds. The Morgan fingerprint density at radius 2 is 1.67 bits per heavy atom. The molecule has 0 radical (unpaired) electrons. The lowest BCUT2D eigenvalue weighted by Crippen LogP contribution is -2.45. The third-order valence-corrected chi connectivity index (χ3v) is 3.04. The van der Waals surface area contributed by atoms with Crippen LogP contribution in [0.2, 0.25) is 0 Å². The van der Waals surface area contributed by atoms with Gasteiger partial charge in [-0.2, -0.15) is 0 Å². The summed E-state index contributed by atoms with van der Waals surface area (Å²) in [6.45, 7) is 9.54. The molecule has 0 aliphatic heterocycles. The number of hydrogen-bond acceptors (Lipinski definition) is 3. The molecule has 1 N–H and O–H groups in total. The SMILES string of the molecule is CC(C)(C)OC(=O)CCC(=O)NC(C)(C)C1CC1. The molecule has 0 aromatic carbocycles. The molecule has 0 saturated heterocycles. The topological polar surface area (TPSA) is 55.4 Å². The van der Waals surface area contributed by atoms with Crippen molar-refractivity contribution in [2.24, 2.45) is 5.92 Å². The summed E-state index contributed by atoms with van der Waals surface area (Å²) in [5, 5.41) is 2.99. The number of hydrogen-bond donors (Lipinski definition) is 1. The van der Waals surface area contributed by atoms with Crippen LogP contribution in [0.4, 0.5) is 0 Å². The second kappa shape index (κ2) is 5.29. The van der Waals surface area contributed by atoms with E-state index >= 15 is 0 Å². The molecule has 4 heteroatoms. The molecule has 0 aromatic heterocycles. The highest BCUT2D eigenvalue weighted by molar-refractivity contribution is 5.81. The van der Waals surface area contributed by atoms with Gasteiger partial charge < -0.3 is 10.1 Å². The molecule has 104 valence electrons. The summed E-state index contributed by atoms with van der Waals surface area (Å²) in [5.74, 6) is 0.197. The van der Waals surface area contributed by atoms with E-state index in [0.717, 1.165) is 0 Å². The molecule has 1 fully saturated rings. The Kier molecular flexibility index (Phi) is 4.41. The molecule has 1 aliphatic rings. The number of carbonyl (C=O) groups excluding carboxylic acids is 2. The Morgan fingerprint density at radius 3 is 2.11 bits per heavy atom. The van der Waals surface area contributed by atoms with E-state index in [1.165, 1.54) is 12.8 Å². The summed E-state index contributed by atoms with van der Waals surface area (Å²) in [5.41, 5.74) is -0.633. The summed E-state index contributed by atoms with van der Waals surface area (Å²) >= 11 is 0. The Labute approximate surface area is 109 Å². The van der Waals surface area contributed by atoms with Crippen LogP contribution < -0.4 is 5.32 Å². The van der Waals surface area contributed by atoms with Gasteiger partial charge in [0, 0.05) is 12.0 Å². The van der Waals surface area contributed by atoms with Crippen LogP contribution >= 0.6 is 0 Å². The van der Waals surface area contributed by atoms with Gasteiger partial charge in [0.2, 0.25) is 5.91 Å². The molecule has 1 saturated carbocycles. The van der Waals surface area contributed by atoms with Crippen LogP contribution in [0.5, 0.6) is 0 Å². The van der Waals surface area contributed by atoms with Crippen LogP contribution in [0.1, 0.15) is 60.3 Å². The van der Waals surface area contributed by atoms with Gasteiger partial charge in [-0.15, -0.1) is 0 Å². The van der Waals surface area contributed by atoms with Gasteiger partial charge in [-0.25, -0.2) is 0 Å². The van der Waals surface area contributed by atoms with Crippen molar-refractivity contribution in [3.8, 4) is 0 Å². The largest absolute Gasteiger partial charge is 0.460 e. The summed E-state index contributed by atoms with van der Waals surface area (Å²) in [7, 11) is 0. The lowest BCUT2D eigenvalue weighted by Gasteiger charge is -2.26. The average Bonchev–Trinajstić information content (AvgIpc) is 2.93. The maximum atomic E-state index is 11.7. The molecular formula is C14H25NO3. The van der Waals surface area contributed by atoms with E-state index in [2.05, 4.69) is 5.32 Å². The number of nitrogens with one attached hydrogen (secondary N) is 1. The molecule has 1 aliphatic carbocycles. The molecule has 0 aromatic rings. The van der Waals surface area contributed by atoms with E-state index in [1.54, 1.807) is 0 Å². The highest BCUT2D eigenvalue weighted by Gasteiger charge is 2.38. The molecule has 1 rings (SSSR count). The zero-order chi connectivity index (χ0) is 14.0. The van der Waals surface area contributed by atoms with Crippen LogP contribution in [-0.2, 0) is 14.3 Å². The van der Waals surface area contributed by atoms with E-state index in [9.17, 15) is 9.59 Å². The Hall–Kier alpha value is -1.06. The van der Waals surface area contributed by atoms with Crippen molar-refractivity contribution in [2.45, 2.75) is 71.4 Å². The van der Waals surface area contributed by atoms with Crippen molar-refractivity contribution in [2.75, 3.05) is 0 Å². The van der Waals surface area contributed by atoms with Crippen molar-refractivity contribution < 1.29 is 14.3 Å². The monoisotopic (exact) mass is 255 g/mol. The molecule has 0 unspecified atom stereocenters. The first-order valence-electron chi connectivity index (χ1n) is 6.63. The first-order chi connectivity index (χ1) is 8.10.